The van der Waals surface area contributed by atoms with Crippen molar-refractivity contribution < 1.29 is 4.57 Å². The predicted molar refractivity (Wildman–Crippen MR) is 65.3 cm³/mol. The molecule has 1 nitrogen and oxygen atoms in total. The van der Waals surface area contributed by atoms with Crippen molar-refractivity contribution in [2.75, 3.05) is 0 Å². The van der Waals surface area contributed by atoms with Gasteiger partial charge in [0.2, 0.25) is 0 Å². The van der Waals surface area contributed by atoms with Gasteiger partial charge in [0.1, 0.15) is 0 Å². The molecule has 2 unspecified atom stereocenters. The summed E-state index contributed by atoms with van der Waals surface area (Å²) < 4.78 is 12.1. The Hall–Kier alpha value is 1.10. The van der Waals surface area contributed by atoms with Crippen LogP contribution in [0.1, 0.15) is 38.5 Å². The van der Waals surface area contributed by atoms with Gasteiger partial charge in [0.25, 0.3) is 5.85 Å². The van der Waals surface area contributed by atoms with Gasteiger partial charge in [-0.3, -0.25) is 4.57 Å². The van der Waals surface area contributed by atoms with Crippen LogP contribution in [0.15, 0.2) is 0 Å². The van der Waals surface area contributed by atoms with Crippen LogP contribution in [0.4, 0.5) is 0 Å². The third-order valence-electron chi connectivity index (χ3n) is 4.51. The molecular formula is C10H14Cl3OP. The first-order chi connectivity index (χ1) is 6.82. The van der Waals surface area contributed by atoms with E-state index in [1.54, 1.807) is 0 Å². The lowest BCUT2D eigenvalue weighted by atomic mass is 9.55. The van der Waals surface area contributed by atoms with Crippen molar-refractivity contribution in [3.05, 3.63) is 0 Å². The van der Waals surface area contributed by atoms with Gasteiger partial charge in [-0.05, 0) is 72.8 Å². The molecule has 0 heterocycles. The second-order valence-electron chi connectivity index (χ2n) is 5.80. The summed E-state index contributed by atoms with van der Waals surface area (Å²) in [6.45, 7) is 0. The highest BCUT2D eigenvalue weighted by molar-refractivity contribution is 8.09. The Labute approximate surface area is 105 Å². The van der Waals surface area contributed by atoms with E-state index in [0.717, 1.165) is 32.1 Å². The third kappa shape index (κ3) is 1.61. The molecule has 4 rings (SSSR count). The number of alkyl halides is 1. The zero-order chi connectivity index (χ0) is 10.9. The van der Waals surface area contributed by atoms with Crippen molar-refractivity contribution in [3.8, 4) is 0 Å². The monoisotopic (exact) mass is 286 g/mol. The Balaban J connectivity index is 2.03. The van der Waals surface area contributed by atoms with Gasteiger partial charge >= 0.3 is 0 Å². The SMILES string of the molecule is O=P(Cl)(Cl)C12CC3CC(CC(Cl)(C3)C1)C2. The topological polar surface area (TPSA) is 17.1 Å². The molecule has 4 fully saturated rings. The molecule has 0 aromatic carbocycles. The number of rotatable bonds is 1. The van der Waals surface area contributed by atoms with Crippen molar-refractivity contribution in [2.24, 2.45) is 11.8 Å². The van der Waals surface area contributed by atoms with E-state index in [-0.39, 0.29) is 10.0 Å². The largest absolute Gasteiger partial charge is 0.289 e. The molecule has 15 heavy (non-hydrogen) atoms. The molecule has 86 valence electrons. The summed E-state index contributed by atoms with van der Waals surface area (Å²) >= 11 is 18.5. The molecule has 0 spiro atoms. The van der Waals surface area contributed by atoms with Gasteiger partial charge in [-0.25, -0.2) is 0 Å². The van der Waals surface area contributed by atoms with E-state index in [0.29, 0.717) is 11.8 Å². The van der Waals surface area contributed by atoms with E-state index in [9.17, 15) is 4.57 Å². The molecule has 4 bridgehead atoms. The Kier molecular flexibility index (Phi) is 2.32. The maximum Gasteiger partial charge on any atom is 0.259 e. The molecule has 0 aromatic rings. The maximum absolute atomic E-state index is 12.1. The lowest BCUT2D eigenvalue weighted by molar-refractivity contribution is 0.0501. The first kappa shape index (κ1) is 11.2. The smallest absolute Gasteiger partial charge is 0.259 e. The van der Waals surface area contributed by atoms with Crippen LogP contribution in [0.25, 0.3) is 0 Å². The van der Waals surface area contributed by atoms with E-state index in [2.05, 4.69) is 0 Å². The summed E-state index contributed by atoms with van der Waals surface area (Å²) in [5.41, 5.74) is 0. The van der Waals surface area contributed by atoms with Crippen LogP contribution in [-0.2, 0) is 4.57 Å². The highest BCUT2D eigenvalue weighted by atomic mass is 35.9. The van der Waals surface area contributed by atoms with Gasteiger partial charge in [0.15, 0.2) is 0 Å². The molecule has 0 aliphatic heterocycles. The molecule has 4 aliphatic carbocycles. The minimum absolute atomic E-state index is 0.149. The Morgan fingerprint density at radius 3 is 2.00 bits per heavy atom. The van der Waals surface area contributed by atoms with E-state index in [1.807, 2.05) is 0 Å². The average Bonchev–Trinajstić information content (AvgIpc) is 1.95. The summed E-state index contributed by atoms with van der Waals surface area (Å²) in [7, 11) is 0. The molecule has 0 radical (unpaired) electrons. The number of hydrogen-bond donors (Lipinski definition) is 0. The zero-order valence-corrected chi connectivity index (χ0v) is 11.5. The standard InChI is InChI=1S/C10H14Cl3OP/c11-9-2-7-1-8(3-9)5-10(4-7,6-9)15(12,13)14/h7-8H,1-6H2. The summed E-state index contributed by atoms with van der Waals surface area (Å²) in [6, 6.07) is 0. The van der Waals surface area contributed by atoms with Gasteiger partial charge in [-0.15, -0.1) is 11.6 Å². The molecule has 4 saturated carbocycles. The first-order valence-electron chi connectivity index (χ1n) is 5.50. The average molecular weight is 288 g/mol. The molecule has 5 heteroatoms. The summed E-state index contributed by atoms with van der Waals surface area (Å²) in [6.07, 6.45) is 6.01. The Morgan fingerprint density at radius 1 is 1.07 bits per heavy atom. The van der Waals surface area contributed by atoms with Gasteiger partial charge < -0.3 is 0 Å². The van der Waals surface area contributed by atoms with E-state index in [4.69, 9.17) is 34.1 Å². The second kappa shape index (κ2) is 3.10. The second-order valence-corrected chi connectivity index (χ2v) is 11.8. The fourth-order valence-corrected chi connectivity index (χ4v) is 7.81. The molecule has 0 saturated heterocycles. The fourth-order valence-electron chi connectivity index (χ4n) is 4.41. The summed E-state index contributed by atoms with van der Waals surface area (Å²) in [5, 5.41) is -0.345. The lowest BCUT2D eigenvalue weighted by Crippen LogP contribution is -2.55. The maximum atomic E-state index is 12.1. The van der Waals surface area contributed by atoms with Crippen LogP contribution in [0.3, 0.4) is 0 Å². The molecule has 0 amide bonds. The fraction of sp³-hybridized carbons (Fsp3) is 1.00. The number of halogens is 3. The zero-order valence-electron chi connectivity index (χ0n) is 8.39. The Morgan fingerprint density at radius 2 is 1.60 bits per heavy atom. The van der Waals surface area contributed by atoms with Crippen LogP contribution >= 0.6 is 39.9 Å². The van der Waals surface area contributed by atoms with E-state index >= 15 is 0 Å². The number of hydrogen-bond acceptors (Lipinski definition) is 1. The molecule has 0 N–H and O–H groups in total. The quantitative estimate of drug-likeness (QED) is 0.490. The lowest BCUT2D eigenvalue weighted by Gasteiger charge is -2.59. The Bertz CT molecular complexity index is 337. The van der Waals surface area contributed by atoms with Crippen LogP contribution in [0.2, 0.25) is 0 Å². The van der Waals surface area contributed by atoms with Crippen molar-refractivity contribution >= 4 is 39.9 Å². The first-order valence-corrected chi connectivity index (χ1v) is 9.40. The molecular weight excluding hydrogens is 273 g/mol. The molecule has 4 aliphatic rings. The third-order valence-corrected chi connectivity index (χ3v) is 8.73. The molecule has 2 atom stereocenters. The van der Waals surface area contributed by atoms with Gasteiger partial charge in [0, 0.05) is 4.87 Å². The summed E-state index contributed by atoms with van der Waals surface area (Å²) in [4.78, 5) is -0.149. The van der Waals surface area contributed by atoms with Crippen LogP contribution in [0.5, 0.6) is 0 Å². The van der Waals surface area contributed by atoms with Crippen molar-refractivity contribution in [3.63, 3.8) is 0 Å². The highest BCUT2D eigenvalue weighted by Gasteiger charge is 2.62. The van der Waals surface area contributed by atoms with Crippen molar-refractivity contribution in [1.82, 2.24) is 0 Å². The minimum Gasteiger partial charge on any atom is -0.289 e. The van der Waals surface area contributed by atoms with Crippen LogP contribution in [-0.4, -0.2) is 10.0 Å². The predicted octanol–water partition coefficient (Wildman–Crippen LogP) is 4.99. The highest BCUT2D eigenvalue weighted by Crippen LogP contribution is 2.78. The van der Waals surface area contributed by atoms with Crippen molar-refractivity contribution in [1.29, 1.82) is 0 Å². The van der Waals surface area contributed by atoms with Crippen LogP contribution < -0.4 is 0 Å². The normalized spacial score (nSPS) is 53.5. The molecule has 0 aromatic heterocycles. The van der Waals surface area contributed by atoms with E-state index < -0.39 is 5.85 Å². The summed E-state index contributed by atoms with van der Waals surface area (Å²) in [5.74, 6) is -1.84. The van der Waals surface area contributed by atoms with E-state index in [1.165, 1.54) is 6.42 Å². The van der Waals surface area contributed by atoms with Crippen LogP contribution in [0, 0.1) is 11.8 Å². The minimum atomic E-state index is -3.05. The van der Waals surface area contributed by atoms with Crippen molar-refractivity contribution in [2.45, 2.75) is 48.6 Å². The van der Waals surface area contributed by atoms with Gasteiger partial charge in [0.05, 0.1) is 5.16 Å². The van der Waals surface area contributed by atoms with Gasteiger partial charge in [-0.1, -0.05) is 0 Å². The van der Waals surface area contributed by atoms with Gasteiger partial charge in [-0.2, -0.15) is 0 Å².